The second-order valence-electron chi connectivity index (χ2n) is 7.58. The van der Waals surface area contributed by atoms with E-state index in [2.05, 4.69) is 15.4 Å². The van der Waals surface area contributed by atoms with Gasteiger partial charge in [-0.1, -0.05) is 0 Å². The lowest BCUT2D eigenvalue weighted by Gasteiger charge is -2.26. The molecule has 160 valence electrons. The highest BCUT2D eigenvalue weighted by molar-refractivity contribution is 5.94. The van der Waals surface area contributed by atoms with Gasteiger partial charge < -0.3 is 15.0 Å². The Balaban J connectivity index is 1.50. The second kappa shape index (κ2) is 9.53. The van der Waals surface area contributed by atoms with E-state index in [1.165, 1.54) is 6.92 Å². The van der Waals surface area contributed by atoms with E-state index in [-0.39, 0.29) is 17.9 Å². The van der Waals surface area contributed by atoms with Gasteiger partial charge >= 0.3 is 0 Å². The summed E-state index contributed by atoms with van der Waals surface area (Å²) in [5, 5.41) is 6.96. The molecule has 1 N–H and O–H groups in total. The molecule has 2 aromatic heterocycles. The lowest BCUT2D eigenvalue weighted by atomic mass is 10.1. The highest BCUT2D eigenvalue weighted by atomic mass is 16.5. The van der Waals surface area contributed by atoms with E-state index in [1.54, 1.807) is 41.6 Å². The molecule has 0 radical (unpaired) electrons. The molecule has 1 saturated heterocycles. The SMILES string of the molecule is CC(=O)Nc1cnn(-c2ccc(C(=O)N(Cc3ccncc3)CC3CCCO3)cc2)c1. The zero-order valence-electron chi connectivity index (χ0n) is 17.4. The van der Waals surface area contributed by atoms with Gasteiger partial charge in [0.15, 0.2) is 0 Å². The van der Waals surface area contributed by atoms with Gasteiger partial charge in [0, 0.05) is 44.6 Å². The molecule has 2 amide bonds. The highest BCUT2D eigenvalue weighted by Crippen LogP contribution is 2.19. The predicted octanol–water partition coefficient (Wildman–Crippen LogP) is 3.05. The minimum Gasteiger partial charge on any atom is -0.376 e. The largest absolute Gasteiger partial charge is 0.376 e. The zero-order chi connectivity index (χ0) is 21.6. The van der Waals surface area contributed by atoms with E-state index in [1.807, 2.05) is 29.2 Å². The maximum Gasteiger partial charge on any atom is 0.254 e. The molecule has 1 aliphatic rings. The van der Waals surface area contributed by atoms with Crippen LogP contribution in [0.4, 0.5) is 5.69 Å². The summed E-state index contributed by atoms with van der Waals surface area (Å²) in [6, 6.07) is 11.1. The topological polar surface area (TPSA) is 89.4 Å². The Kier molecular flexibility index (Phi) is 6.37. The van der Waals surface area contributed by atoms with Gasteiger partial charge in [-0.05, 0) is 54.8 Å². The van der Waals surface area contributed by atoms with Crippen LogP contribution in [0.25, 0.3) is 5.69 Å². The molecular formula is C23H25N5O3. The zero-order valence-corrected chi connectivity index (χ0v) is 17.4. The van der Waals surface area contributed by atoms with Gasteiger partial charge in [0.25, 0.3) is 5.91 Å². The van der Waals surface area contributed by atoms with Crippen LogP contribution in [0.5, 0.6) is 0 Å². The quantitative estimate of drug-likeness (QED) is 0.636. The van der Waals surface area contributed by atoms with Crippen molar-refractivity contribution in [3.8, 4) is 5.69 Å². The van der Waals surface area contributed by atoms with Crippen molar-refractivity contribution in [2.45, 2.75) is 32.4 Å². The average molecular weight is 419 g/mol. The molecule has 1 atom stereocenters. The fourth-order valence-electron chi connectivity index (χ4n) is 3.63. The minimum atomic E-state index is -0.152. The van der Waals surface area contributed by atoms with Crippen molar-refractivity contribution in [1.29, 1.82) is 0 Å². The number of aromatic nitrogens is 3. The number of ether oxygens (including phenoxy) is 1. The lowest BCUT2D eigenvalue weighted by molar-refractivity contribution is -0.114. The molecule has 1 fully saturated rings. The number of hydrogen-bond acceptors (Lipinski definition) is 5. The summed E-state index contributed by atoms with van der Waals surface area (Å²) in [4.78, 5) is 30.4. The second-order valence-corrected chi connectivity index (χ2v) is 7.58. The molecule has 3 aromatic rings. The number of carbonyl (C=O) groups is 2. The van der Waals surface area contributed by atoms with Crippen LogP contribution in [0.1, 0.15) is 35.7 Å². The van der Waals surface area contributed by atoms with E-state index in [0.717, 1.165) is 30.7 Å². The van der Waals surface area contributed by atoms with Gasteiger partial charge in [0.05, 0.1) is 29.9 Å². The number of pyridine rings is 1. The number of nitrogens with zero attached hydrogens (tertiary/aromatic N) is 4. The smallest absolute Gasteiger partial charge is 0.254 e. The molecular weight excluding hydrogens is 394 g/mol. The van der Waals surface area contributed by atoms with Crippen LogP contribution >= 0.6 is 0 Å². The number of anilines is 1. The maximum atomic E-state index is 13.3. The number of benzene rings is 1. The Morgan fingerprint density at radius 2 is 1.97 bits per heavy atom. The van der Waals surface area contributed by atoms with E-state index >= 15 is 0 Å². The molecule has 1 aromatic carbocycles. The first kappa shape index (κ1) is 20.7. The summed E-state index contributed by atoms with van der Waals surface area (Å²) in [5.41, 5.74) is 3.05. The summed E-state index contributed by atoms with van der Waals surface area (Å²) in [6.45, 7) is 3.26. The van der Waals surface area contributed by atoms with Gasteiger partial charge in [-0.2, -0.15) is 5.10 Å². The van der Waals surface area contributed by atoms with Crippen LogP contribution in [-0.2, 0) is 16.1 Å². The van der Waals surface area contributed by atoms with Crippen molar-refractivity contribution < 1.29 is 14.3 Å². The molecule has 0 aliphatic carbocycles. The lowest BCUT2D eigenvalue weighted by Crippen LogP contribution is -2.37. The molecule has 4 rings (SSSR count). The molecule has 0 saturated carbocycles. The van der Waals surface area contributed by atoms with E-state index < -0.39 is 0 Å². The summed E-state index contributed by atoms with van der Waals surface area (Å²) < 4.78 is 7.42. The highest BCUT2D eigenvalue weighted by Gasteiger charge is 2.23. The van der Waals surface area contributed by atoms with Crippen molar-refractivity contribution in [3.63, 3.8) is 0 Å². The van der Waals surface area contributed by atoms with Crippen LogP contribution < -0.4 is 5.32 Å². The van der Waals surface area contributed by atoms with Crippen LogP contribution in [0, 0.1) is 0 Å². The third-order valence-electron chi connectivity index (χ3n) is 5.14. The Morgan fingerprint density at radius 1 is 1.19 bits per heavy atom. The Hall–Kier alpha value is -3.52. The molecule has 3 heterocycles. The fraction of sp³-hybridized carbons (Fsp3) is 0.304. The van der Waals surface area contributed by atoms with Crippen LogP contribution in [0.2, 0.25) is 0 Å². The van der Waals surface area contributed by atoms with Crippen molar-refractivity contribution in [1.82, 2.24) is 19.7 Å². The van der Waals surface area contributed by atoms with Gasteiger partial charge in [0.2, 0.25) is 5.91 Å². The van der Waals surface area contributed by atoms with E-state index in [4.69, 9.17) is 4.74 Å². The molecule has 31 heavy (non-hydrogen) atoms. The summed E-state index contributed by atoms with van der Waals surface area (Å²) >= 11 is 0. The Bertz CT molecular complexity index is 1030. The van der Waals surface area contributed by atoms with Crippen LogP contribution in [0.15, 0.2) is 61.2 Å². The molecule has 8 heteroatoms. The van der Waals surface area contributed by atoms with Gasteiger partial charge in [-0.25, -0.2) is 4.68 Å². The molecule has 0 bridgehead atoms. The van der Waals surface area contributed by atoms with E-state index in [0.29, 0.717) is 24.3 Å². The number of rotatable bonds is 7. The van der Waals surface area contributed by atoms with Crippen LogP contribution in [-0.4, -0.2) is 50.7 Å². The maximum absolute atomic E-state index is 13.3. The van der Waals surface area contributed by atoms with Crippen LogP contribution in [0.3, 0.4) is 0 Å². The third-order valence-corrected chi connectivity index (χ3v) is 5.14. The number of amides is 2. The monoisotopic (exact) mass is 419 g/mol. The van der Waals surface area contributed by atoms with Crippen molar-refractivity contribution in [3.05, 3.63) is 72.3 Å². The van der Waals surface area contributed by atoms with E-state index in [9.17, 15) is 9.59 Å². The molecule has 1 aliphatic heterocycles. The average Bonchev–Trinajstić information content (AvgIpc) is 3.45. The number of hydrogen-bond donors (Lipinski definition) is 1. The normalized spacial score (nSPS) is 15.6. The first-order valence-corrected chi connectivity index (χ1v) is 10.3. The van der Waals surface area contributed by atoms with Gasteiger partial charge in [-0.3, -0.25) is 14.6 Å². The van der Waals surface area contributed by atoms with Crippen molar-refractivity contribution in [2.24, 2.45) is 0 Å². The first-order valence-electron chi connectivity index (χ1n) is 10.3. The van der Waals surface area contributed by atoms with Gasteiger partial charge in [0.1, 0.15) is 0 Å². The summed E-state index contributed by atoms with van der Waals surface area (Å²) in [5.74, 6) is -0.195. The fourth-order valence-corrected chi connectivity index (χ4v) is 3.63. The number of carbonyl (C=O) groups excluding carboxylic acids is 2. The standard InChI is InChI=1S/C23H25N5O3/c1-17(29)26-20-13-25-28(15-20)21-6-4-19(5-7-21)23(30)27(16-22-3-2-12-31-22)14-18-8-10-24-11-9-18/h4-11,13,15,22H,2-3,12,14,16H2,1H3,(H,26,29). The molecule has 1 unspecified atom stereocenters. The van der Waals surface area contributed by atoms with Crippen molar-refractivity contribution in [2.75, 3.05) is 18.5 Å². The molecule has 0 spiro atoms. The number of nitrogens with one attached hydrogen (secondary N) is 1. The summed E-state index contributed by atoms with van der Waals surface area (Å²) in [7, 11) is 0. The van der Waals surface area contributed by atoms with Crippen molar-refractivity contribution >= 4 is 17.5 Å². The third kappa shape index (κ3) is 5.35. The Morgan fingerprint density at radius 3 is 2.65 bits per heavy atom. The predicted molar refractivity (Wildman–Crippen MR) is 116 cm³/mol. The minimum absolute atomic E-state index is 0.0433. The summed E-state index contributed by atoms with van der Waals surface area (Å²) in [6.07, 6.45) is 8.84. The first-order chi connectivity index (χ1) is 15.1. The Labute approximate surface area is 180 Å². The molecule has 8 nitrogen and oxygen atoms in total. The van der Waals surface area contributed by atoms with Gasteiger partial charge in [-0.15, -0.1) is 0 Å².